The molecular formula is C24H29N3O3Si. The number of rotatable bonds is 8. The van der Waals surface area contributed by atoms with E-state index in [1.165, 1.54) is 0 Å². The van der Waals surface area contributed by atoms with Crippen LogP contribution in [-0.2, 0) is 9.53 Å². The van der Waals surface area contributed by atoms with Gasteiger partial charge in [0.25, 0.3) is 0 Å². The van der Waals surface area contributed by atoms with Crippen molar-refractivity contribution < 1.29 is 14.3 Å². The van der Waals surface area contributed by atoms with Gasteiger partial charge >= 0.3 is 6.09 Å². The van der Waals surface area contributed by atoms with Crippen molar-refractivity contribution in [2.75, 3.05) is 18.5 Å². The van der Waals surface area contributed by atoms with E-state index < -0.39 is 20.1 Å². The number of carbonyl (C=O) groups is 2. The van der Waals surface area contributed by atoms with Crippen LogP contribution in [0, 0.1) is 0 Å². The summed E-state index contributed by atoms with van der Waals surface area (Å²) in [7, 11) is -1.28. The molecule has 2 N–H and O–H groups in total. The molecule has 2 aromatic carbocycles. The van der Waals surface area contributed by atoms with Gasteiger partial charge in [0.15, 0.2) is 0 Å². The number of alkyl carbamates (subject to hydrolysis) is 1. The van der Waals surface area contributed by atoms with Gasteiger partial charge in [0.1, 0.15) is 0 Å². The Morgan fingerprint density at radius 3 is 2.55 bits per heavy atom. The Kier molecular flexibility index (Phi) is 7.41. The predicted octanol–water partition coefficient (Wildman–Crippen LogP) is 5.02. The van der Waals surface area contributed by atoms with E-state index in [0.717, 1.165) is 22.4 Å². The van der Waals surface area contributed by atoms with Gasteiger partial charge in [0.05, 0.1) is 12.5 Å². The molecule has 6 nitrogen and oxygen atoms in total. The van der Waals surface area contributed by atoms with Crippen LogP contribution in [-0.4, -0.2) is 38.2 Å². The van der Waals surface area contributed by atoms with Gasteiger partial charge in [-0.2, -0.15) is 0 Å². The molecule has 31 heavy (non-hydrogen) atoms. The van der Waals surface area contributed by atoms with E-state index in [0.29, 0.717) is 12.3 Å². The number of benzene rings is 2. The molecule has 2 amide bonds. The molecule has 1 unspecified atom stereocenters. The van der Waals surface area contributed by atoms with Crippen LogP contribution < -0.4 is 10.6 Å². The summed E-state index contributed by atoms with van der Waals surface area (Å²) in [5.41, 5.74) is 1.52. The number of fused-ring (bicyclic) bond motifs is 1. The second kappa shape index (κ2) is 10.2. The predicted molar refractivity (Wildman–Crippen MR) is 127 cm³/mol. The molecule has 0 radical (unpaired) electrons. The van der Waals surface area contributed by atoms with Crippen LogP contribution in [0.5, 0.6) is 0 Å². The van der Waals surface area contributed by atoms with E-state index in [1.807, 2.05) is 54.6 Å². The largest absolute Gasteiger partial charge is 0.450 e. The quantitative estimate of drug-likeness (QED) is 0.487. The number of aromatic nitrogens is 1. The van der Waals surface area contributed by atoms with Gasteiger partial charge in [-0.25, -0.2) is 4.79 Å². The number of pyridine rings is 1. The highest BCUT2D eigenvalue weighted by atomic mass is 28.3. The Labute approximate surface area is 184 Å². The monoisotopic (exact) mass is 435 g/mol. The minimum atomic E-state index is -1.28. The second-order valence-corrected chi connectivity index (χ2v) is 14.3. The first-order valence-electron chi connectivity index (χ1n) is 10.4. The zero-order chi connectivity index (χ0) is 22.3. The van der Waals surface area contributed by atoms with Gasteiger partial charge in [-0.15, -0.1) is 0 Å². The maximum atomic E-state index is 13.1. The summed E-state index contributed by atoms with van der Waals surface area (Å²) in [5, 5.41) is 7.72. The molecule has 1 aromatic heterocycles. The van der Waals surface area contributed by atoms with E-state index in [2.05, 4.69) is 35.3 Å². The summed E-state index contributed by atoms with van der Waals surface area (Å²) >= 11 is 0. The maximum absolute atomic E-state index is 13.1. The molecule has 0 aliphatic carbocycles. The summed E-state index contributed by atoms with van der Waals surface area (Å²) in [5.74, 6) is -0.735. The molecule has 0 aliphatic rings. The first kappa shape index (κ1) is 22.5. The zero-order valence-electron chi connectivity index (χ0n) is 18.2. The lowest BCUT2D eigenvalue weighted by Crippen LogP contribution is -2.35. The highest BCUT2D eigenvalue weighted by Gasteiger charge is 2.22. The van der Waals surface area contributed by atoms with Gasteiger partial charge in [0, 0.05) is 38.1 Å². The van der Waals surface area contributed by atoms with Crippen LogP contribution >= 0.6 is 0 Å². The summed E-state index contributed by atoms with van der Waals surface area (Å²) in [6.07, 6.45) is 3.01. The molecule has 1 atom stereocenters. The summed E-state index contributed by atoms with van der Waals surface area (Å²) in [4.78, 5) is 29.3. The van der Waals surface area contributed by atoms with E-state index in [4.69, 9.17) is 4.74 Å². The number of anilines is 1. The third-order valence-corrected chi connectivity index (χ3v) is 6.67. The van der Waals surface area contributed by atoms with Crippen molar-refractivity contribution in [2.45, 2.75) is 31.6 Å². The first-order valence-corrected chi connectivity index (χ1v) is 14.1. The number of nitrogens with zero attached hydrogens (tertiary/aromatic N) is 1. The van der Waals surface area contributed by atoms with Crippen molar-refractivity contribution in [1.82, 2.24) is 10.3 Å². The van der Waals surface area contributed by atoms with Gasteiger partial charge in [-0.3, -0.25) is 9.78 Å². The van der Waals surface area contributed by atoms with Crippen molar-refractivity contribution in [3.05, 3.63) is 72.6 Å². The van der Waals surface area contributed by atoms with Crippen molar-refractivity contribution >= 4 is 36.5 Å². The Morgan fingerprint density at radius 1 is 1.03 bits per heavy atom. The fourth-order valence-electron chi connectivity index (χ4n) is 3.12. The van der Waals surface area contributed by atoms with Gasteiger partial charge in [0.2, 0.25) is 5.91 Å². The Bertz CT molecular complexity index is 1030. The van der Waals surface area contributed by atoms with Gasteiger partial charge in [-0.1, -0.05) is 56.0 Å². The lowest BCUT2D eigenvalue weighted by molar-refractivity contribution is -0.117. The number of hydrogen-bond donors (Lipinski definition) is 2. The van der Waals surface area contributed by atoms with Crippen molar-refractivity contribution in [3.63, 3.8) is 0 Å². The number of ether oxygens (including phenoxy) is 1. The minimum absolute atomic E-state index is 0.152. The molecule has 3 rings (SSSR count). The van der Waals surface area contributed by atoms with E-state index in [9.17, 15) is 9.59 Å². The van der Waals surface area contributed by atoms with Crippen molar-refractivity contribution in [1.29, 1.82) is 0 Å². The molecule has 0 fully saturated rings. The minimum Gasteiger partial charge on any atom is -0.450 e. The number of hydrogen-bond acceptors (Lipinski definition) is 4. The molecule has 0 aliphatic heterocycles. The highest BCUT2D eigenvalue weighted by molar-refractivity contribution is 6.76. The molecule has 0 saturated carbocycles. The van der Waals surface area contributed by atoms with E-state index >= 15 is 0 Å². The van der Waals surface area contributed by atoms with Crippen molar-refractivity contribution in [3.8, 4) is 0 Å². The standard InChI is InChI=1S/C24H29N3O3Si/c1-31(2,3)14-13-30-24(29)26-17-22(18-7-5-4-6-8-18)23(28)27-21-10-9-20-16-25-12-11-19(20)15-21/h4-12,15-16,22H,13-14,17H2,1-3H3,(H,26,29)(H,27,28). The Morgan fingerprint density at radius 2 is 1.81 bits per heavy atom. The lowest BCUT2D eigenvalue weighted by atomic mass is 9.98. The fourth-order valence-corrected chi connectivity index (χ4v) is 3.84. The van der Waals surface area contributed by atoms with Gasteiger partial charge < -0.3 is 15.4 Å². The van der Waals surface area contributed by atoms with Gasteiger partial charge in [-0.05, 0) is 35.2 Å². The van der Waals surface area contributed by atoms with Crippen LogP contribution in [0.3, 0.4) is 0 Å². The second-order valence-electron chi connectivity index (χ2n) is 8.72. The van der Waals surface area contributed by atoms with Crippen LogP contribution in [0.2, 0.25) is 25.7 Å². The summed E-state index contributed by atoms with van der Waals surface area (Å²) < 4.78 is 5.30. The van der Waals surface area contributed by atoms with Crippen LogP contribution in [0.1, 0.15) is 11.5 Å². The molecule has 7 heteroatoms. The molecule has 0 bridgehead atoms. The number of nitrogens with one attached hydrogen (secondary N) is 2. The average molecular weight is 436 g/mol. The lowest BCUT2D eigenvalue weighted by Gasteiger charge is -2.19. The number of carbonyl (C=O) groups excluding carboxylic acids is 2. The highest BCUT2D eigenvalue weighted by Crippen LogP contribution is 2.21. The summed E-state index contributed by atoms with van der Waals surface area (Å²) in [6, 6.07) is 17.9. The zero-order valence-corrected chi connectivity index (χ0v) is 19.2. The smallest absolute Gasteiger partial charge is 0.407 e. The Balaban J connectivity index is 1.66. The average Bonchev–Trinajstić information content (AvgIpc) is 2.73. The molecule has 3 aromatic rings. The fraction of sp³-hybridized carbons (Fsp3) is 0.292. The third-order valence-electron chi connectivity index (χ3n) is 4.96. The molecular weight excluding hydrogens is 406 g/mol. The molecule has 0 spiro atoms. The van der Waals surface area contributed by atoms with Crippen LogP contribution in [0.4, 0.5) is 10.5 Å². The molecule has 162 valence electrons. The van der Waals surface area contributed by atoms with Crippen LogP contribution in [0.15, 0.2) is 67.0 Å². The SMILES string of the molecule is C[Si](C)(C)CCOC(=O)NCC(C(=O)Nc1ccc2cnccc2c1)c1ccccc1. The Hall–Kier alpha value is -3.19. The summed E-state index contributed by atoms with van der Waals surface area (Å²) in [6.45, 7) is 7.24. The number of amides is 2. The third kappa shape index (κ3) is 6.93. The molecule has 1 heterocycles. The van der Waals surface area contributed by atoms with Crippen molar-refractivity contribution in [2.24, 2.45) is 0 Å². The normalized spacial score (nSPS) is 12.2. The van der Waals surface area contributed by atoms with E-state index in [1.54, 1.807) is 12.4 Å². The maximum Gasteiger partial charge on any atom is 0.407 e. The first-order chi connectivity index (χ1) is 14.8. The van der Waals surface area contributed by atoms with E-state index in [-0.39, 0.29) is 12.5 Å². The molecule has 0 saturated heterocycles. The van der Waals surface area contributed by atoms with Crippen LogP contribution in [0.25, 0.3) is 10.8 Å². The topological polar surface area (TPSA) is 80.3 Å².